The van der Waals surface area contributed by atoms with Gasteiger partial charge in [0.1, 0.15) is 5.71 Å². The molecule has 0 saturated carbocycles. The molecule has 3 heteroatoms. The van der Waals surface area contributed by atoms with Gasteiger partial charge in [0, 0.05) is 16.1 Å². The van der Waals surface area contributed by atoms with Gasteiger partial charge in [0.25, 0.3) is 0 Å². The zero-order valence-corrected chi connectivity index (χ0v) is 9.07. The van der Waals surface area contributed by atoms with Crippen LogP contribution >= 0.6 is 11.6 Å². The maximum atomic E-state index is 9.08. The molecule has 3 rings (SSSR count). The van der Waals surface area contributed by atoms with Gasteiger partial charge in [-0.1, -0.05) is 47.1 Å². The Labute approximate surface area is 97.8 Å². The SMILES string of the molecule is ON=C1c2ccccc2-c2cc(Cl)ccc21. The second-order valence-electron chi connectivity index (χ2n) is 3.68. The summed E-state index contributed by atoms with van der Waals surface area (Å²) in [4.78, 5) is 0. The molecular formula is C13H8ClNO. The minimum atomic E-state index is 0.613. The van der Waals surface area contributed by atoms with Crippen molar-refractivity contribution in [3.63, 3.8) is 0 Å². The van der Waals surface area contributed by atoms with Crippen molar-refractivity contribution in [2.24, 2.45) is 5.16 Å². The highest BCUT2D eigenvalue weighted by Gasteiger charge is 2.24. The molecule has 1 N–H and O–H groups in total. The zero-order chi connectivity index (χ0) is 11.1. The summed E-state index contributed by atoms with van der Waals surface area (Å²) < 4.78 is 0. The molecule has 1 aliphatic carbocycles. The smallest absolute Gasteiger partial charge is 0.118 e. The number of hydrogen-bond donors (Lipinski definition) is 1. The fraction of sp³-hybridized carbons (Fsp3) is 0. The first kappa shape index (κ1) is 9.43. The van der Waals surface area contributed by atoms with Gasteiger partial charge in [0.15, 0.2) is 0 Å². The largest absolute Gasteiger partial charge is 0.410 e. The Morgan fingerprint density at radius 1 is 0.875 bits per heavy atom. The Bertz CT molecular complexity index is 605. The van der Waals surface area contributed by atoms with E-state index >= 15 is 0 Å². The van der Waals surface area contributed by atoms with Gasteiger partial charge in [-0.05, 0) is 23.3 Å². The minimum absolute atomic E-state index is 0.613. The number of oxime groups is 1. The molecule has 2 aromatic rings. The summed E-state index contributed by atoms with van der Waals surface area (Å²) >= 11 is 5.98. The Hall–Kier alpha value is -1.80. The summed E-state index contributed by atoms with van der Waals surface area (Å²) in [6.45, 7) is 0. The quantitative estimate of drug-likeness (QED) is 0.464. The van der Waals surface area contributed by atoms with E-state index in [0.29, 0.717) is 10.7 Å². The molecule has 0 heterocycles. The molecule has 0 aromatic heterocycles. The molecule has 1 aliphatic rings. The standard InChI is InChI=1S/C13H8ClNO/c14-8-5-6-11-12(7-8)9-3-1-2-4-10(9)13(11)15-16/h1-7,16H. The summed E-state index contributed by atoms with van der Waals surface area (Å²) in [6.07, 6.45) is 0. The first-order chi connectivity index (χ1) is 7.81. The minimum Gasteiger partial charge on any atom is -0.410 e. The van der Waals surface area contributed by atoms with E-state index in [0.717, 1.165) is 22.3 Å². The molecule has 0 spiro atoms. The van der Waals surface area contributed by atoms with Crippen LogP contribution in [0.25, 0.3) is 11.1 Å². The third kappa shape index (κ3) is 1.17. The summed E-state index contributed by atoms with van der Waals surface area (Å²) in [6, 6.07) is 13.4. The molecule has 0 aliphatic heterocycles. The van der Waals surface area contributed by atoms with E-state index in [9.17, 15) is 0 Å². The van der Waals surface area contributed by atoms with Crippen LogP contribution in [0.3, 0.4) is 0 Å². The Morgan fingerprint density at radius 2 is 1.56 bits per heavy atom. The lowest BCUT2D eigenvalue weighted by molar-refractivity contribution is 0.320. The van der Waals surface area contributed by atoms with E-state index in [4.69, 9.17) is 16.8 Å². The van der Waals surface area contributed by atoms with Gasteiger partial charge in [-0.15, -0.1) is 0 Å². The molecule has 2 nitrogen and oxygen atoms in total. The van der Waals surface area contributed by atoms with Crippen LogP contribution in [0.5, 0.6) is 0 Å². The van der Waals surface area contributed by atoms with Gasteiger partial charge in [-0.25, -0.2) is 0 Å². The van der Waals surface area contributed by atoms with E-state index in [2.05, 4.69) is 5.16 Å². The highest BCUT2D eigenvalue weighted by atomic mass is 35.5. The van der Waals surface area contributed by atoms with Crippen LogP contribution in [0.2, 0.25) is 5.02 Å². The summed E-state index contributed by atoms with van der Waals surface area (Å²) in [5, 5.41) is 13.1. The lowest BCUT2D eigenvalue weighted by Gasteiger charge is -1.99. The number of hydrogen-bond acceptors (Lipinski definition) is 2. The van der Waals surface area contributed by atoms with E-state index < -0.39 is 0 Å². The Morgan fingerprint density at radius 3 is 2.31 bits per heavy atom. The van der Waals surface area contributed by atoms with E-state index in [1.54, 1.807) is 6.07 Å². The van der Waals surface area contributed by atoms with Crippen molar-refractivity contribution in [2.75, 3.05) is 0 Å². The maximum absolute atomic E-state index is 9.08. The normalized spacial score (nSPS) is 14.9. The predicted octanol–water partition coefficient (Wildman–Crippen LogP) is 3.55. The summed E-state index contributed by atoms with van der Waals surface area (Å²) in [5.41, 5.74) is 4.57. The van der Waals surface area contributed by atoms with Gasteiger partial charge >= 0.3 is 0 Å². The molecule has 16 heavy (non-hydrogen) atoms. The van der Waals surface area contributed by atoms with E-state index in [1.165, 1.54) is 0 Å². The van der Waals surface area contributed by atoms with Crippen LogP contribution in [-0.4, -0.2) is 10.9 Å². The molecule has 0 unspecified atom stereocenters. The monoisotopic (exact) mass is 229 g/mol. The van der Waals surface area contributed by atoms with Crippen molar-refractivity contribution >= 4 is 17.3 Å². The zero-order valence-electron chi connectivity index (χ0n) is 8.31. The van der Waals surface area contributed by atoms with Crippen LogP contribution < -0.4 is 0 Å². The molecule has 78 valence electrons. The van der Waals surface area contributed by atoms with Gasteiger partial charge in [0.05, 0.1) is 0 Å². The second-order valence-corrected chi connectivity index (χ2v) is 4.12. The number of fused-ring (bicyclic) bond motifs is 3. The molecule has 0 amide bonds. The van der Waals surface area contributed by atoms with Crippen LogP contribution in [0.1, 0.15) is 11.1 Å². The van der Waals surface area contributed by atoms with Gasteiger partial charge in [-0.3, -0.25) is 0 Å². The maximum Gasteiger partial charge on any atom is 0.118 e. The number of halogens is 1. The fourth-order valence-corrected chi connectivity index (χ4v) is 2.30. The predicted molar refractivity (Wildman–Crippen MR) is 64.3 cm³/mol. The van der Waals surface area contributed by atoms with Crippen molar-refractivity contribution in [3.05, 3.63) is 58.6 Å². The lowest BCUT2D eigenvalue weighted by atomic mass is 10.1. The lowest BCUT2D eigenvalue weighted by Crippen LogP contribution is -1.97. The highest BCUT2D eigenvalue weighted by molar-refractivity contribution is 6.32. The summed E-state index contributed by atoms with van der Waals surface area (Å²) in [5.74, 6) is 0. The average molecular weight is 230 g/mol. The highest BCUT2D eigenvalue weighted by Crippen LogP contribution is 2.37. The Balaban J connectivity index is 2.40. The van der Waals surface area contributed by atoms with Crippen molar-refractivity contribution in [2.45, 2.75) is 0 Å². The van der Waals surface area contributed by atoms with Crippen LogP contribution in [0.15, 0.2) is 47.6 Å². The first-order valence-corrected chi connectivity index (χ1v) is 5.31. The van der Waals surface area contributed by atoms with Crippen LogP contribution in [0, 0.1) is 0 Å². The molecule has 0 saturated heterocycles. The van der Waals surface area contributed by atoms with E-state index in [-0.39, 0.29) is 0 Å². The average Bonchev–Trinajstić information content (AvgIpc) is 2.62. The molecule has 0 atom stereocenters. The van der Waals surface area contributed by atoms with Crippen LogP contribution in [0.4, 0.5) is 0 Å². The van der Waals surface area contributed by atoms with Crippen molar-refractivity contribution in [1.82, 2.24) is 0 Å². The summed E-state index contributed by atoms with van der Waals surface area (Å²) in [7, 11) is 0. The van der Waals surface area contributed by atoms with E-state index in [1.807, 2.05) is 36.4 Å². The third-order valence-electron chi connectivity index (χ3n) is 2.81. The molecule has 0 radical (unpaired) electrons. The van der Waals surface area contributed by atoms with Crippen LogP contribution in [-0.2, 0) is 0 Å². The number of rotatable bonds is 0. The first-order valence-electron chi connectivity index (χ1n) is 4.93. The second kappa shape index (κ2) is 3.35. The van der Waals surface area contributed by atoms with Crippen molar-refractivity contribution in [3.8, 4) is 11.1 Å². The topological polar surface area (TPSA) is 32.6 Å². The van der Waals surface area contributed by atoms with Gasteiger partial charge < -0.3 is 5.21 Å². The molecule has 0 bridgehead atoms. The van der Waals surface area contributed by atoms with Gasteiger partial charge in [-0.2, -0.15) is 0 Å². The molecular weight excluding hydrogens is 222 g/mol. The van der Waals surface area contributed by atoms with Crippen molar-refractivity contribution in [1.29, 1.82) is 0 Å². The number of nitrogens with zero attached hydrogens (tertiary/aromatic N) is 1. The van der Waals surface area contributed by atoms with Gasteiger partial charge in [0.2, 0.25) is 0 Å². The fourth-order valence-electron chi connectivity index (χ4n) is 2.12. The molecule has 2 aromatic carbocycles. The number of benzene rings is 2. The molecule has 0 fully saturated rings. The van der Waals surface area contributed by atoms with Crippen molar-refractivity contribution < 1.29 is 5.21 Å². The third-order valence-corrected chi connectivity index (χ3v) is 3.04. The Kier molecular flexibility index (Phi) is 1.98.